The first kappa shape index (κ1) is 23.2. The molecule has 0 saturated carbocycles. The number of imidazole rings is 1. The van der Waals surface area contributed by atoms with E-state index in [1.807, 2.05) is 4.57 Å². The van der Waals surface area contributed by atoms with Crippen LogP contribution in [0.5, 0.6) is 0 Å². The number of likely N-dealkylation sites (tertiary alicyclic amines) is 1. The number of carbonyl (C=O) groups is 2. The highest BCUT2D eigenvalue weighted by Gasteiger charge is 2.32. The van der Waals surface area contributed by atoms with Crippen LogP contribution in [0.4, 0.5) is 4.39 Å². The lowest BCUT2D eigenvalue weighted by Gasteiger charge is -2.31. The molecule has 7 nitrogen and oxygen atoms in total. The van der Waals surface area contributed by atoms with E-state index in [1.165, 1.54) is 11.6 Å². The Morgan fingerprint density at radius 1 is 1.11 bits per heavy atom. The molecule has 2 aliphatic heterocycles. The first-order valence-electron chi connectivity index (χ1n) is 12.0. The van der Waals surface area contributed by atoms with E-state index in [1.54, 1.807) is 29.4 Å². The van der Waals surface area contributed by atoms with Gasteiger partial charge in [0, 0.05) is 31.1 Å². The molecular formula is C27H29FN4O3. The summed E-state index contributed by atoms with van der Waals surface area (Å²) in [5.41, 5.74) is 3.99. The van der Waals surface area contributed by atoms with Crippen molar-refractivity contribution in [2.24, 2.45) is 5.92 Å². The molecule has 182 valence electrons. The summed E-state index contributed by atoms with van der Waals surface area (Å²) >= 11 is 0. The SMILES string of the molecule is Cc1ccc([C@@H]2Cn3cnc(C(=O)N4CCC(C(=O)NCc5ccccc5F)CC4)c3CO2)cc1. The molecule has 5 rings (SSSR count). The van der Waals surface area contributed by atoms with Gasteiger partial charge in [0.05, 0.1) is 25.2 Å². The summed E-state index contributed by atoms with van der Waals surface area (Å²) in [5.74, 6) is -0.747. The molecule has 0 aliphatic carbocycles. The zero-order chi connectivity index (χ0) is 24.4. The molecule has 3 aromatic rings. The zero-order valence-electron chi connectivity index (χ0n) is 19.7. The van der Waals surface area contributed by atoms with Gasteiger partial charge in [0.25, 0.3) is 5.91 Å². The molecule has 1 saturated heterocycles. The number of amides is 2. The van der Waals surface area contributed by atoms with Crippen LogP contribution in [0.2, 0.25) is 0 Å². The van der Waals surface area contributed by atoms with Crippen LogP contribution >= 0.6 is 0 Å². The molecule has 2 aromatic carbocycles. The van der Waals surface area contributed by atoms with Crippen LogP contribution in [0.1, 0.15) is 51.8 Å². The Hall–Kier alpha value is -3.52. The highest BCUT2D eigenvalue weighted by atomic mass is 19.1. The number of ether oxygens (including phenoxy) is 1. The molecule has 0 radical (unpaired) electrons. The van der Waals surface area contributed by atoms with Gasteiger partial charge in [-0.05, 0) is 31.4 Å². The molecule has 1 aromatic heterocycles. The molecule has 1 fully saturated rings. The fourth-order valence-corrected chi connectivity index (χ4v) is 4.75. The number of hydrogen-bond acceptors (Lipinski definition) is 4. The molecule has 2 amide bonds. The van der Waals surface area contributed by atoms with E-state index in [-0.39, 0.29) is 36.2 Å². The number of benzene rings is 2. The Bertz CT molecular complexity index is 1220. The van der Waals surface area contributed by atoms with E-state index in [9.17, 15) is 14.0 Å². The predicted molar refractivity (Wildman–Crippen MR) is 128 cm³/mol. The Morgan fingerprint density at radius 3 is 2.60 bits per heavy atom. The summed E-state index contributed by atoms with van der Waals surface area (Å²) in [6.45, 7) is 4.12. The van der Waals surface area contributed by atoms with Gasteiger partial charge >= 0.3 is 0 Å². The molecule has 1 N–H and O–H groups in total. The first-order chi connectivity index (χ1) is 17.0. The molecule has 0 spiro atoms. The van der Waals surface area contributed by atoms with Crippen molar-refractivity contribution in [2.75, 3.05) is 13.1 Å². The largest absolute Gasteiger partial charge is 0.365 e. The van der Waals surface area contributed by atoms with Gasteiger partial charge in [-0.3, -0.25) is 9.59 Å². The van der Waals surface area contributed by atoms with Crippen LogP contribution in [0, 0.1) is 18.7 Å². The van der Waals surface area contributed by atoms with E-state index < -0.39 is 0 Å². The van der Waals surface area contributed by atoms with Crippen molar-refractivity contribution in [3.8, 4) is 0 Å². The third-order valence-electron chi connectivity index (χ3n) is 6.95. The smallest absolute Gasteiger partial charge is 0.274 e. The van der Waals surface area contributed by atoms with Gasteiger partial charge in [-0.1, -0.05) is 48.0 Å². The van der Waals surface area contributed by atoms with Crippen molar-refractivity contribution < 1.29 is 18.7 Å². The standard InChI is InChI=1S/C27H29FN4O3/c1-18-6-8-19(9-7-18)24-15-32-17-30-25(23(32)16-35-24)27(34)31-12-10-20(11-13-31)26(33)29-14-21-4-2-3-5-22(21)28/h2-9,17,20,24H,10-16H2,1H3,(H,29,33)/t24-/m0/s1. The average Bonchev–Trinajstić information content (AvgIpc) is 3.31. The second-order valence-corrected chi connectivity index (χ2v) is 9.28. The first-order valence-corrected chi connectivity index (χ1v) is 12.0. The summed E-state index contributed by atoms with van der Waals surface area (Å²) in [7, 11) is 0. The lowest BCUT2D eigenvalue weighted by Crippen LogP contribution is -2.43. The summed E-state index contributed by atoms with van der Waals surface area (Å²) in [6.07, 6.45) is 2.78. The molecule has 2 aliphatic rings. The number of aromatic nitrogens is 2. The second-order valence-electron chi connectivity index (χ2n) is 9.28. The minimum absolute atomic E-state index is 0.0705. The van der Waals surface area contributed by atoms with E-state index >= 15 is 0 Å². The predicted octanol–water partition coefficient (Wildman–Crippen LogP) is 3.77. The fraction of sp³-hybridized carbons (Fsp3) is 0.370. The topological polar surface area (TPSA) is 76.5 Å². The van der Waals surface area contributed by atoms with Crippen LogP contribution in [-0.2, 0) is 29.2 Å². The van der Waals surface area contributed by atoms with Gasteiger partial charge in [0.15, 0.2) is 5.69 Å². The van der Waals surface area contributed by atoms with Crippen molar-refractivity contribution in [3.63, 3.8) is 0 Å². The quantitative estimate of drug-likeness (QED) is 0.608. The Labute approximate surface area is 203 Å². The summed E-state index contributed by atoms with van der Waals surface area (Å²) < 4.78 is 21.9. The zero-order valence-corrected chi connectivity index (χ0v) is 19.7. The highest BCUT2D eigenvalue weighted by Crippen LogP contribution is 2.29. The summed E-state index contributed by atoms with van der Waals surface area (Å²) in [6, 6.07) is 14.7. The molecule has 35 heavy (non-hydrogen) atoms. The number of nitrogens with zero attached hydrogens (tertiary/aromatic N) is 3. The van der Waals surface area contributed by atoms with Crippen molar-refractivity contribution in [3.05, 3.63) is 88.8 Å². The lowest BCUT2D eigenvalue weighted by molar-refractivity contribution is -0.126. The number of fused-ring (bicyclic) bond motifs is 1. The Morgan fingerprint density at radius 2 is 1.86 bits per heavy atom. The molecule has 0 bridgehead atoms. The Balaban J connectivity index is 1.16. The number of piperidine rings is 1. The third-order valence-corrected chi connectivity index (χ3v) is 6.95. The lowest BCUT2D eigenvalue weighted by atomic mass is 9.95. The van der Waals surface area contributed by atoms with Gasteiger partial charge in [-0.2, -0.15) is 0 Å². The maximum absolute atomic E-state index is 13.8. The van der Waals surface area contributed by atoms with Gasteiger partial charge in [0.2, 0.25) is 5.91 Å². The maximum atomic E-state index is 13.8. The molecule has 0 unspecified atom stereocenters. The minimum atomic E-state index is -0.328. The van der Waals surface area contributed by atoms with Crippen LogP contribution < -0.4 is 5.32 Å². The number of rotatable bonds is 5. The van der Waals surface area contributed by atoms with E-state index in [2.05, 4.69) is 41.5 Å². The molecule has 3 heterocycles. The van der Waals surface area contributed by atoms with Crippen molar-refractivity contribution in [1.29, 1.82) is 0 Å². The van der Waals surface area contributed by atoms with Crippen molar-refractivity contribution in [1.82, 2.24) is 19.8 Å². The second kappa shape index (κ2) is 10.00. The average molecular weight is 477 g/mol. The number of carbonyl (C=O) groups excluding carboxylic acids is 2. The van der Waals surface area contributed by atoms with Crippen LogP contribution in [0.15, 0.2) is 54.9 Å². The summed E-state index contributed by atoms with van der Waals surface area (Å²) in [4.78, 5) is 32.0. The maximum Gasteiger partial charge on any atom is 0.274 e. The number of hydrogen-bond donors (Lipinski definition) is 1. The van der Waals surface area contributed by atoms with Crippen molar-refractivity contribution >= 4 is 11.8 Å². The van der Waals surface area contributed by atoms with E-state index in [0.717, 1.165) is 11.3 Å². The van der Waals surface area contributed by atoms with Gasteiger partial charge in [-0.25, -0.2) is 9.37 Å². The number of aryl methyl sites for hydroxylation is 1. The monoisotopic (exact) mass is 476 g/mol. The van der Waals surface area contributed by atoms with Crippen LogP contribution in [0.25, 0.3) is 0 Å². The molecule has 8 heteroatoms. The van der Waals surface area contributed by atoms with Crippen LogP contribution in [-0.4, -0.2) is 39.4 Å². The number of nitrogens with one attached hydrogen (secondary N) is 1. The fourth-order valence-electron chi connectivity index (χ4n) is 4.75. The number of halogens is 1. The van der Waals surface area contributed by atoms with Crippen molar-refractivity contribution in [2.45, 2.75) is 45.6 Å². The minimum Gasteiger partial charge on any atom is -0.365 e. The molecular weight excluding hydrogens is 447 g/mol. The normalized spacial score (nSPS) is 18.2. The van der Waals surface area contributed by atoms with Gasteiger partial charge in [0.1, 0.15) is 11.9 Å². The highest BCUT2D eigenvalue weighted by molar-refractivity contribution is 5.93. The molecule has 1 atom stereocenters. The van der Waals surface area contributed by atoms with E-state index in [0.29, 0.717) is 50.3 Å². The van der Waals surface area contributed by atoms with E-state index in [4.69, 9.17) is 4.74 Å². The Kier molecular flexibility index (Phi) is 6.63. The van der Waals surface area contributed by atoms with Crippen LogP contribution in [0.3, 0.4) is 0 Å². The third kappa shape index (κ3) is 4.98. The van der Waals surface area contributed by atoms with Gasteiger partial charge in [-0.15, -0.1) is 0 Å². The van der Waals surface area contributed by atoms with Gasteiger partial charge < -0.3 is 19.5 Å². The summed E-state index contributed by atoms with van der Waals surface area (Å²) in [5, 5.41) is 2.83.